The van der Waals surface area contributed by atoms with Gasteiger partial charge in [-0.1, -0.05) is 6.92 Å². The normalized spacial score (nSPS) is 18.9. The van der Waals surface area contributed by atoms with Crippen LogP contribution < -0.4 is 5.32 Å². The molecule has 5 heteroatoms. The van der Waals surface area contributed by atoms with E-state index < -0.39 is 5.38 Å². The second-order valence-electron chi connectivity index (χ2n) is 4.53. The van der Waals surface area contributed by atoms with Gasteiger partial charge in [0.1, 0.15) is 5.38 Å². The van der Waals surface area contributed by atoms with Gasteiger partial charge in [0.25, 0.3) is 0 Å². The lowest BCUT2D eigenvalue weighted by Gasteiger charge is -2.33. The summed E-state index contributed by atoms with van der Waals surface area (Å²) in [4.78, 5) is 24.8. The molecule has 17 heavy (non-hydrogen) atoms. The maximum absolute atomic E-state index is 11.6. The Hall–Kier alpha value is -0.770. The Morgan fingerprint density at radius 3 is 2.47 bits per heavy atom. The molecule has 1 rings (SSSR count). The molecule has 0 aromatic rings. The van der Waals surface area contributed by atoms with E-state index in [4.69, 9.17) is 11.6 Å². The molecule has 1 aliphatic heterocycles. The van der Waals surface area contributed by atoms with Crippen LogP contribution >= 0.6 is 11.6 Å². The molecule has 0 saturated carbocycles. The van der Waals surface area contributed by atoms with Crippen molar-refractivity contribution in [2.24, 2.45) is 0 Å². The van der Waals surface area contributed by atoms with Gasteiger partial charge in [-0.15, -0.1) is 11.6 Å². The van der Waals surface area contributed by atoms with Gasteiger partial charge in [0, 0.05) is 25.6 Å². The van der Waals surface area contributed by atoms with E-state index in [9.17, 15) is 9.59 Å². The smallest absolute Gasteiger partial charge is 0.240 e. The summed E-state index contributed by atoms with van der Waals surface area (Å²) >= 11 is 5.76. The number of alkyl halides is 1. The van der Waals surface area contributed by atoms with Crippen molar-refractivity contribution in [3.63, 3.8) is 0 Å². The molecule has 1 atom stereocenters. The van der Waals surface area contributed by atoms with Crippen LogP contribution in [0.3, 0.4) is 0 Å². The van der Waals surface area contributed by atoms with E-state index in [1.165, 1.54) is 0 Å². The van der Waals surface area contributed by atoms with Crippen molar-refractivity contribution in [2.75, 3.05) is 13.1 Å². The van der Waals surface area contributed by atoms with Crippen molar-refractivity contribution in [3.8, 4) is 0 Å². The number of carbonyl (C=O) groups is 2. The summed E-state index contributed by atoms with van der Waals surface area (Å²) in [5.74, 6) is 0.105. The SMILES string of the molecule is CCCC(=O)NC1CCN(C(=O)C(C)Cl)CC1. The predicted molar refractivity (Wildman–Crippen MR) is 68.0 cm³/mol. The van der Waals surface area contributed by atoms with E-state index in [1.54, 1.807) is 11.8 Å². The van der Waals surface area contributed by atoms with Crippen LogP contribution in [-0.4, -0.2) is 41.2 Å². The zero-order chi connectivity index (χ0) is 12.8. The van der Waals surface area contributed by atoms with Crippen molar-refractivity contribution < 1.29 is 9.59 Å². The summed E-state index contributed by atoms with van der Waals surface area (Å²) in [5, 5.41) is 2.54. The predicted octanol–water partition coefficient (Wildman–Crippen LogP) is 1.52. The Bertz CT molecular complexity index is 274. The van der Waals surface area contributed by atoms with Gasteiger partial charge in [0.05, 0.1) is 0 Å². The van der Waals surface area contributed by atoms with Crippen LogP contribution in [0.2, 0.25) is 0 Å². The number of halogens is 1. The zero-order valence-electron chi connectivity index (χ0n) is 10.5. The first-order valence-electron chi connectivity index (χ1n) is 6.26. The molecule has 2 amide bonds. The monoisotopic (exact) mass is 260 g/mol. The van der Waals surface area contributed by atoms with Gasteiger partial charge in [-0.3, -0.25) is 9.59 Å². The van der Waals surface area contributed by atoms with Gasteiger partial charge >= 0.3 is 0 Å². The quantitative estimate of drug-likeness (QED) is 0.780. The molecule has 0 radical (unpaired) electrons. The second kappa shape index (κ2) is 6.84. The topological polar surface area (TPSA) is 49.4 Å². The molecule has 0 aromatic heterocycles. The molecule has 0 aliphatic carbocycles. The number of nitrogens with zero attached hydrogens (tertiary/aromatic N) is 1. The molecule has 0 aromatic carbocycles. The highest BCUT2D eigenvalue weighted by atomic mass is 35.5. The molecule has 98 valence electrons. The third-order valence-corrected chi connectivity index (χ3v) is 3.18. The fraction of sp³-hybridized carbons (Fsp3) is 0.833. The summed E-state index contributed by atoms with van der Waals surface area (Å²) in [6.07, 6.45) is 3.10. The number of hydrogen-bond donors (Lipinski definition) is 1. The highest BCUT2D eigenvalue weighted by Gasteiger charge is 2.25. The van der Waals surface area contributed by atoms with E-state index in [0.29, 0.717) is 19.5 Å². The average molecular weight is 261 g/mol. The number of nitrogens with one attached hydrogen (secondary N) is 1. The third kappa shape index (κ3) is 4.54. The molecule has 4 nitrogen and oxygen atoms in total. The van der Waals surface area contributed by atoms with Crippen LogP contribution in [0, 0.1) is 0 Å². The van der Waals surface area contributed by atoms with Gasteiger partial charge in [0.15, 0.2) is 0 Å². The Labute approximate surface area is 108 Å². The van der Waals surface area contributed by atoms with E-state index in [-0.39, 0.29) is 17.9 Å². The van der Waals surface area contributed by atoms with Crippen LogP contribution in [0.4, 0.5) is 0 Å². The first kappa shape index (κ1) is 14.3. The molecule has 1 aliphatic rings. The van der Waals surface area contributed by atoms with Crippen LogP contribution in [-0.2, 0) is 9.59 Å². The maximum atomic E-state index is 11.6. The fourth-order valence-electron chi connectivity index (χ4n) is 2.02. The number of amides is 2. The number of rotatable bonds is 4. The Morgan fingerprint density at radius 1 is 1.41 bits per heavy atom. The molecule has 1 N–H and O–H groups in total. The summed E-state index contributed by atoms with van der Waals surface area (Å²) in [6, 6.07) is 0.212. The molecular weight excluding hydrogens is 240 g/mol. The summed E-state index contributed by atoms with van der Waals surface area (Å²) in [5.41, 5.74) is 0. The van der Waals surface area contributed by atoms with Crippen molar-refractivity contribution in [3.05, 3.63) is 0 Å². The van der Waals surface area contributed by atoms with Crippen LogP contribution in [0.15, 0.2) is 0 Å². The summed E-state index contributed by atoms with van der Waals surface area (Å²) in [6.45, 7) is 5.06. The minimum Gasteiger partial charge on any atom is -0.353 e. The molecule has 0 spiro atoms. The van der Waals surface area contributed by atoms with Crippen molar-refractivity contribution in [1.82, 2.24) is 10.2 Å². The number of carbonyl (C=O) groups excluding carboxylic acids is 2. The summed E-state index contributed by atoms with van der Waals surface area (Å²) in [7, 11) is 0. The van der Waals surface area contributed by atoms with Gasteiger partial charge < -0.3 is 10.2 Å². The number of hydrogen-bond acceptors (Lipinski definition) is 2. The Balaban J connectivity index is 2.31. The Morgan fingerprint density at radius 2 is 2.00 bits per heavy atom. The fourth-order valence-corrected chi connectivity index (χ4v) is 2.16. The molecule has 1 unspecified atom stereocenters. The van der Waals surface area contributed by atoms with Crippen LogP contribution in [0.25, 0.3) is 0 Å². The minimum absolute atomic E-state index is 0.00926. The van der Waals surface area contributed by atoms with Crippen molar-refractivity contribution in [1.29, 1.82) is 0 Å². The van der Waals surface area contributed by atoms with Gasteiger partial charge in [-0.2, -0.15) is 0 Å². The van der Waals surface area contributed by atoms with E-state index in [0.717, 1.165) is 19.3 Å². The zero-order valence-corrected chi connectivity index (χ0v) is 11.3. The van der Waals surface area contributed by atoms with Crippen LogP contribution in [0.5, 0.6) is 0 Å². The highest BCUT2D eigenvalue weighted by Crippen LogP contribution is 2.13. The second-order valence-corrected chi connectivity index (χ2v) is 5.19. The molecule has 1 saturated heterocycles. The number of likely N-dealkylation sites (tertiary alicyclic amines) is 1. The molecule has 1 fully saturated rings. The van der Waals surface area contributed by atoms with Crippen LogP contribution in [0.1, 0.15) is 39.5 Å². The Kier molecular flexibility index (Phi) is 5.75. The van der Waals surface area contributed by atoms with Gasteiger partial charge in [-0.05, 0) is 26.2 Å². The largest absolute Gasteiger partial charge is 0.353 e. The summed E-state index contributed by atoms with van der Waals surface area (Å²) < 4.78 is 0. The van der Waals surface area contributed by atoms with E-state index >= 15 is 0 Å². The maximum Gasteiger partial charge on any atom is 0.240 e. The highest BCUT2D eigenvalue weighted by molar-refractivity contribution is 6.30. The van der Waals surface area contributed by atoms with Gasteiger partial charge in [-0.25, -0.2) is 0 Å². The standard InChI is InChI=1S/C12H21ClN2O2/c1-3-4-11(16)14-10-5-7-15(8-6-10)12(17)9(2)13/h9-10H,3-8H2,1-2H3,(H,14,16). The minimum atomic E-state index is -0.457. The molecule has 1 heterocycles. The average Bonchev–Trinajstić information content (AvgIpc) is 2.29. The van der Waals surface area contributed by atoms with Crippen molar-refractivity contribution >= 4 is 23.4 Å². The van der Waals surface area contributed by atoms with Crippen molar-refractivity contribution in [2.45, 2.75) is 50.9 Å². The van der Waals surface area contributed by atoms with E-state index in [2.05, 4.69) is 5.32 Å². The number of piperidine rings is 1. The lowest BCUT2D eigenvalue weighted by atomic mass is 10.0. The lowest BCUT2D eigenvalue weighted by molar-refractivity contribution is -0.131. The molecular formula is C12H21ClN2O2. The third-order valence-electron chi connectivity index (χ3n) is 2.99. The van der Waals surface area contributed by atoms with Gasteiger partial charge in [0.2, 0.25) is 11.8 Å². The first-order chi connectivity index (χ1) is 8.04. The molecule has 0 bridgehead atoms. The van der Waals surface area contributed by atoms with E-state index in [1.807, 2.05) is 6.92 Å². The first-order valence-corrected chi connectivity index (χ1v) is 6.70. The lowest BCUT2D eigenvalue weighted by Crippen LogP contribution is -2.48.